The number of hydrogen-bond acceptors (Lipinski definition) is 2. The van der Waals surface area contributed by atoms with E-state index in [2.05, 4.69) is 0 Å². The largest absolute Gasteiger partial charge is 0.382 e. The lowest BCUT2D eigenvalue weighted by Crippen LogP contribution is -2.44. The van der Waals surface area contributed by atoms with Crippen LogP contribution in [0.2, 0.25) is 0 Å². The Kier molecular flexibility index (Phi) is 3.91. The molecule has 0 rings (SSSR count). The Balaban J connectivity index is 4.13. The van der Waals surface area contributed by atoms with E-state index in [9.17, 15) is 0 Å². The second-order valence-electron chi connectivity index (χ2n) is 1.85. The van der Waals surface area contributed by atoms with Gasteiger partial charge in [-0.15, -0.1) is 0 Å². The van der Waals surface area contributed by atoms with E-state index < -0.39 is 6.10 Å². The molecule has 3 nitrogen and oxygen atoms in total. The zero-order valence-corrected chi connectivity index (χ0v) is 6.39. The summed E-state index contributed by atoms with van der Waals surface area (Å²) in [5.41, 5.74) is 0.258. The lowest BCUT2D eigenvalue weighted by molar-refractivity contribution is -0.121. The monoisotopic (exact) mass is 161 g/mol. The van der Waals surface area contributed by atoms with Gasteiger partial charge in [0, 0.05) is 12.3 Å². The van der Waals surface area contributed by atoms with Gasteiger partial charge in [0.1, 0.15) is 6.10 Å². The van der Waals surface area contributed by atoms with Crippen molar-refractivity contribution >= 4 is 23.5 Å². The molecular formula is C6H10ClN2O+. The van der Waals surface area contributed by atoms with E-state index >= 15 is 0 Å². The zero-order chi connectivity index (χ0) is 8.15. The average molecular weight is 162 g/mol. The summed E-state index contributed by atoms with van der Waals surface area (Å²) >= 11 is 5.41. The van der Waals surface area contributed by atoms with Crippen LogP contribution < -0.4 is 5.41 Å². The highest BCUT2D eigenvalue weighted by Crippen LogP contribution is 1.96. The van der Waals surface area contributed by atoms with Crippen molar-refractivity contribution in [2.24, 2.45) is 0 Å². The first-order chi connectivity index (χ1) is 4.57. The summed E-state index contributed by atoms with van der Waals surface area (Å²) < 4.78 is 0. The molecule has 0 amide bonds. The summed E-state index contributed by atoms with van der Waals surface area (Å²) in [6.07, 6.45) is 1.59. The number of aliphatic hydroxyl groups is 1. The number of aliphatic hydroxyl groups excluding tert-OH is 1. The Labute approximate surface area is 64.3 Å². The van der Waals surface area contributed by atoms with Gasteiger partial charge in [-0.05, 0) is 6.92 Å². The molecule has 4 N–H and O–H groups in total. The van der Waals surface area contributed by atoms with Crippen molar-refractivity contribution in [1.29, 1.82) is 5.41 Å². The van der Waals surface area contributed by atoms with Crippen LogP contribution in [0.25, 0.3) is 0 Å². The number of rotatable bonds is 3. The van der Waals surface area contributed by atoms with Crippen LogP contribution in [-0.2, 0) is 0 Å². The van der Waals surface area contributed by atoms with Gasteiger partial charge < -0.3 is 10.5 Å². The third-order valence-corrected chi connectivity index (χ3v) is 1.14. The molecule has 0 aliphatic heterocycles. The molecule has 1 unspecified atom stereocenters. The van der Waals surface area contributed by atoms with Crippen molar-refractivity contribution in [1.82, 2.24) is 0 Å². The number of hydrogen-bond donors (Lipinski definition) is 3. The van der Waals surface area contributed by atoms with Crippen molar-refractivity contribution in [2.45, 2.75) is 13.0 Å². The third-order valence-electron chi connectivity index (χ3n) is 0.925. The highest BCUT2D eigenvalue weighted by Gasteiger charge is 2.06. The molecule has 0 aromatic heterocycles. The van der Waals surface area contributed by atoms with Gasteiger partial charge in [-0.2, -0.15) is 0 Å². The van der Waals surface area contributed by atoms with Crippen molar-refractivity contribution in [3.8, 4) is 0 Å². The fourth-order valence-corrected chi connectivity index (χ4v) is 0.447. The van der Waals surface area contributed by atoms with E-state index in [4.69, 9.17) is 27.5 Å². The Hall–Kier alpha value is -0.670. The Morgan fingerprint density at radius 1 is 1.80 bits per heavy atom. The number of allylic oxidation sites excluding steroid dienone is 1. The maximum Gasteiger partial charge on any atom is 0.202 e. The number of halogens is 1. The number of nitrogens with one attached hydrogen (secondary N) is 1. The molecule has 0 aromatic rings. The van der Waals surface area contributed by atoms with Crippen LogP contribution in [0.3, 0.4) is 0 Å². The molecule has 0 aliphatic carbocycles. The summed E-state index contributed by atoms with van der Waals surface area (Å²) in [5.74, 6) is 0. The van der Waals surface area contributed by atoms with Gasteiger partial charge >= 0.3 is 0 Å². The van der Waals surface area contributed by atoms with Crippen LogP contribution in [0.5, 0.6) is 0 Å². The molecule has 0 spiro atoms. The zero-order valence-electron chi connectivity index (χ0n) is 5.63. The van der Waals surface area contributed by atoms with Crippen molar-refractivity contribution in [3.05, 3.63) is 11.1 Å². The minimum absolute atomic E-state index is 0.207. The minimum Gasteiger partial charge on any atom is -0.382 e. The first kappa shape index (κ1) is 9.33. The summed E-state index contributed by atoms with van der Waals surface area (Å²) in [6, 6.07) is 0. The van der Waals surface area contributed by atoms with Crippen molar-refractivity contribution in [3.63, 3.8) is 0 Å². The predicted molar refractivity (Wildman–Crippen MR) is 41.3 cm³/mol. The summed E-state index contributed by atoms with van der Waals surface area (Å²) in [6.45, 7) is 1.53. The van der Waals surface area contributed by atoms with E-state index in [0.717, 1.165) is 6.21 Å². The lowest BCUT2D eigenvalue weighted by atomic mass is 10.2. The minimum atomic E-state index is -0.714. The SMILES string of the molecule is CC(O)C(=[NH2+])/C=C(/Cl)C=N. The molecule has 0 heterocycles. The Bertz CT molecular complexity index is 175. The molecule has 0 aliphatic rings. The Morgan fingerprint density at radius 3 is 2.60 bits per heavy atom. The fraction of sp³-hybridized carbons (Fsp3) is 0.333. The molecule has 4 heteroatoms. The smallest absolute Gasteiger partial charge is 0.202 e. The van der Waals surface area contributed by atoms with Gasteiger partial charge in [-0.1, -0.05) is 11.6 Å². The molecule has 56 valence electrons. The molecule has 0 bridgehead atoms. The average Bonchev–Trinajstić information content (AvgIpc) is 1.87. The highest BCUT2D eigenvalue weighted by atomic mass is 35.5. The van der Waals surface area contributed by atoms with E-state index in [1.165, 1.54) is 13.0 Å². The van der Waals surface area contributed by atoms with Crippen LogP contribution in [0.1, 0.15) is 6.92 Å². The first-order valence-corrected chi connectivity index (χ1v) is 3.13. The topological polar surface area (TPSA) is 69.7 Å². The van der Waals surface area contributed by atoms with Crippen LogP contribution in [0.4, 0.5) is 0 Å². The summed E-state index contributed by atoms with van der Waals surface area (Å²) in [4.78, 5) is 0. The van der Waals surface area contributed by atoms with Crippen molar-refractivity contribution < 1.29 is 10.5 Å². The van der Waals surface area contributed by atoms with Gasteiger partial charge in [0.15, 0.2) is 0 Å². The second kappa shape index (κ2) is 4.19. The fourth-order valence-electron chi connectivity index (χ4n) is 0.321. The third kappa shape index (κ3) is 3.37. The van der Waals surface area contributed by atoms with E-state index in [-0.39, 0.29) is 10.7 Å². The van der Waals surface area contributed by atoms with Crippen LogP contribution >= 0.6 is 11.6 Å². The molecule has 0 aromatic carbocycles. The molecular weight excluding hydrogens is 152 g/mol. The predicted octanol–water partition coefficient (Wildman–Crippen LogP) is -0.660. The highest BCUT2D eigenvalue weighted by molar-refractivity contribution is 6.40. The van der Waals surface area contributed by atoms with Gasteiger partial charge in [-0.25, -0.2) is 0 Å². The van der Waals surface area contributed by atoms with Crippen molar-refractivity contribution in [2.75, 3.05) is 0 Å². The standard InChI is InChI=1S/C6H9ClN2O/c1-4(10)6(9)2-5(7)3-8/h2-4,8-10H,1H3/p+1/b5-2+,8-3?,9-6?. The maximum atomic E-state index is 8.82. The van der Waals surface area contributed by atoms with Crippen LogP contribution in [-0.4, -0.2) is 23.1 Å². The van der Waals surface area contributed by atoms with Gasteiger partial charge in [0.25, 0.3) is 0 Å². The van der Waals surface area contributed by atoms with Gasteiger partial charge in [-0.3, -0.25) is 5.41 Å². The van der Waals surface area contributed by atoms with Crippen LogP contribution in [0.15, 0.2) is 11.1 Å². The van der Waals surface area contributed by atoms with E-state index in [1.54, 1.807) is 0 Å². The molecule has 10 heavy (non-hydrogen) atoms. The molecule has 0 saturated heterocycles. The second-order valence-corrected chi connectivity index (χ2v) is 2.29. The molecule has 0 saturated carbocycles. The summed E-state index contributed by atoms with van der Waals surface area (Å²) in [7, 11) is 0. The Morgan fingerprint density at radius 2 is 2.30 bits per heavy atom. The van der Waals surface area contributed by atoms with Gasteiger partial charge in [0.2, 0.25) is 5.71 Å². The molecule has 0 fully saturated rings. The first-order valence-electron chi connectivity index (χ1n) is 2.76. The maximum absolute atomic E-state index is 8.82. The quantitative estimate of drug-likeness (QED) is 0.473. The van der Waals surface area contributed by atoms with E-state index in [1.807, 2.05) is 0 Å². The number of nitrogens with two attached hydrogens (primary N) is 1. The molecule has 0 radical (unpaired) electrons. The van der Waals surface area contributed by atoms with Gasteiger partial charge in [0.05, 0.1) is 5.03 Å². The lowest BCUT2D eigenvalue weighted by Gasteiger charge is -1.93. The summed E-state index contributed by atoms with van der Waals surface area (Å²) in [5, 5.41) is 21.0. The normalized spacial score (nSPS) is 14.5. The molecule has 1 atom stereocenters. The van der Waals surface area contributed by atoms with Crippen LogP contribution in [0, 0.1) is 5.41 Å². The van der Waals surface area contributed by atoms with E-state index in [0.29, 0.717) is 0 Å².